The highest BCUT2D eigenvalue weighted by atomic mass is 32.2. The Morgan fingerprint density at radius 3 is 3.11 bits per heavy atom. The van der Waals surface area contributed by atoms with Gasteiger partial charge in [0.1, 0.15) is 0 Å². The molecule has 0 spiro atoms. The average molecular weight is 283 g/mol. The number of nitrogens with one attached hydrogen (secondary N) is 1. The molecule has 1 fully saturated rings. The molecule has 2 rings (SSSR count). The van der Waals surface area contributed by atoms with Crippen molar-refractivity contribution in [3.63, 3.8) is 0 Å². The summed E-state index contributed by atoms with van der Waals surface area (Å²) in [5.41, 5.74) is 5.81. The highest BCUT2D eigenvalue weighted by molar-refractivity contribution is 7.99. The van der Waals surface area contributed by atoms with E-state index in [0.717, 1.165) is 6.42 Å². The molecule has 1 saturated carbocycles. The van der Waals surface area contributed by atoms with E-state index >= 15 is 0 Å². The topological polar surface area (TPSA) is 85.8 Å². The van der Waals surface area contributed by atoms with E-state index in [9.17, 15) is 4.79 Å². The number of carbonyl (C=O) groups excluding carboxylic acids is 1. The Kier molecular flexibility index (Phi) is 5.21. The molecule has 0 radical (unpaired) electrons. The van der Waals surface area contributed by atoms with Crippen molar-refractivity contribution in [2.24, 2.45) is 5.73 Å². The number of aromatic nitrogens is 3. The predicted molar refractivity (Wildman–Crippen MR) is 76.1 cm³/mol. The molecule has 1 amide bonds. The summed E-state index contributed by atoms with van der Waals surface area (Å²) in [6, 6.07) is 0.246. The summed E-state index contributed by atoms with van der Waals surface area (Å²) < 4.78 is 1.60. The first kappa shape index (κ1) is 14.3. The summed E-state index contributed by atoms with van der Waals surface area (Å²) in [6.07, 6.45) is 8.42. The Balaban J connectivity index is 1.95. The third-order valence-electron chi connectivity index (χ3n) is 3.45. The van der Waals surface area contributed by atoms with Gasteiger partial charge in [-0.2, -0.15) is 11.8 Å². The predicted octanol–water partition coefficient (Wildman–Crippen LogP) is 0.641. The Hall–Kier alpha value is -1.08. The molecule has 1 aliphatic carbocycles. The van der Waals surface area contributed by atoms with Crippen molar-refractivity contribution < 1.29 is 4.79 Å². The van der Waals surface area contributed by atoms with Crippen LogP contribution in [0.2, 0.25) is 0 Å². The zero-order chi connectivity index (χ0) is 13.7. The van der Waals surface area contributed by atoms with E-state index in [1.54, 1.807) is 10.9 Å². The van der Waals surface area contributed by atoms with E-state index < -0.39 is 0 Å². The Labute approximate surface area is 117 Å². The van der Waals surface area contributed by atoms with E-state index in [0.29, 0.717) is 24.0 Å². The summed E-state index contributed by atoms with van der Waals surface area (Å²) in [5.74, 6) is -0.130. The second-order valence-corrected chi connectivity index (χ2v) is 5.87. The van der Waals surface area contributed by atoms with Crippen molar-refractivity contribution in [3.05, 3.63) is 11.9 Å². The van der Waals surface area contributed by atoms with E-state index in [1.165, 1.54) is 19.3 Å². The molecule has 19 heavy (non-hydrogen) atoms. The molecule has 0 aliphatic heterocycles. The van der Waals surface area contributed by atoms with Crippen LogP contribution in [0, 0.1) is 0 Å². The van der Waals surface area contributed by atoms with Gasteiger partial charge in [0.25, 0.3) is 5.91 Å². The van der Waals surface area contributed by atoms with Crippen LogP contribution in [0.15, 0.2) is 6.20 Å². The van der Waals surface area contributed by atoms with Gasteiger partial charge in [0.05, 0.1) is 12.7 Å². The van der Waals surface area contributed by atoms with Crippen molar-refractivity contribution in [1.82, 2.24) is 20.3 Å². The zero-order valence-electron chi connectivity index (χ0n) is 11.2. The van der Waals surface area contributed by atoms with Crippen LogP contribution in [0.3, 0.4) is 0 Å². The summed E-state index contributed by atoms with van der Waals surface area (Å²) in [5, 5.41) is 11.4. The number of hydrogen-bond donors (Lipinski definition) is 2. The molecule has 3 N–H and O–H groups in total. The monoisotopic (exact) mass is 283 g/mol. The summed E-state index contributed by atoms with van der Waals surface area (Å²) >= 11 is 1.83. The SMILES string of the molecule is CSC1CCCCC1NC(=O)c1cn(CCN)nn1. The summed E-state index contributed by atoms with van der Waals surface area (Å²) in [6.45, 7) is 1.07. The zero-order valence-corrected chi connectivity index (χ0v) is 12.0. The minimum atomic E-state index is -0.130. The number of amides is 1. The normalized spacial score (nSPS) is 23.3. The molecular weight excluding hydrogens is 262 g/mol. The van der Waals surface area contributed by atoms with Crippen molar-refractivity contribution >= 4 is 17.7 Å². The minimum Gasteiger partial charge on any atom is -0.347 e. The first-order valence-electron chi connectivity index (χ1n) is 6.68. The molecular formula is C12H21N5OS. The lowest BCUT2D eigenvalue weighted by Gasteiger charge is -2.30. The van der Waals surface area contributed by atoms with Crippen LogP contribution >= 0.6 is 11.8 Å². The number of carbonyl (C=O) groups is 1. The van der Waals surface area contributed by atoms with Crippen molar-refractivity contribution in [2.45, 2.75) is 43.5 Å². The van der Waals surface area contributed by atoms with Gasteiger partial charge in [0, 0.05) is 17.8 Å². The molecule has 7 heteroatoms. The van der Waals surface area contributed by atoms with Crippen LogP contribution in [-0.4, -0.2) is 45.0 Å². The van der Waals surface area contributed by atoms with Gasteiger partial charge < -0.3 is 11.1 Å². The molecule has 0 bridgehead atoms. The van der Waals surface area contributed by atoms with Gasteiger partial charge in [-0.3, -0.25) is 9.48 Å². The Morgan fingerprint density at radius 1 is 1.58 bits per heavy atom. The van der Waals surface area contributed by atoms with Gasteiger partial charge in [0.2, 0.25) is 0 Å². The molecule has 1 heterocycles. The standard InChI is InChI=1S/C12H21N5OS/c1-19-11-5-3-2-4-9(11)14-12(18)10-8-17(7-6-13)16-15-10/h8-9,11H,2-7,13H2,1H3,(H,14,18). The molecule has 0 aromatic carbocycles. The van der Waals surface area contributed by atoms with Gasteiger partial charge in [-0.15, -0.1) is 5.10 Å². The number of rotatable bonds is 5. The molecule has 2 atom stereocenters. The maximum Gasteiger partial charge on any atom is 0.273 e. The average Bonchev–Trinajstić information content (AvgIpc) is 2.88. The molecule has 1 aromatic rings. The molecule has 0 saturated heterocycles. The third kappa shape index (κ3) is 3.70. The first-order valence-corrected chi connectivity index (χ1v) is 7.97. The lowest BCUT2D eigenvalue weighted by molar-refractivity contribution is 0.0924. The summed E-state index contributed by atoms with van der Waals surface area (Å²) in [7, 11) is 0. The number of nitrogens with two attached hydrogens (primary N) is 1. The van der Waals surface area contributed by atoms with Crippen LogP contribution in [0.25, 0.3) is 0 Å². The molecule has 1 aliphatic rings. The van der Waals surface area contributed by atoms with Crippen molar-refractivity contribution in [2.75, 3.05) is 12.8 Å². The molecule has 6 nitrogen and oxygen atoms in total. The first-order chi connectivity index (χ1) is 9.24. The van der Waals surface area contributed by atoms with Gasteiger partial charge >= 0.3 is 0 Å². The lowest BCUT2D eigenvalue weighted by Crippen LogP contribution is -2.43. The quantitative estimate of drug-likeness (QED) is 0.828. The van der Waals surface area contributed by atoms with Gasteiger partial charge in [-0.05, 0) is 19.1 Å². The second kappa shape index (κ2) is 6.91. The van der Waals surface area contributed by atoms with Gasteiger partial charge in [0.15, 0.2) is 5.69 Å². The van der Waals surface area contributed by atoms with Gasteiger partial charge in [-0.1, -0.05) is 18.1 Å². The fourth-order valence-electron chi connectivity index (χ4n) is 2.43. The fraction of sp³-hybridized carbons (Fsp3) is 0.750. The fourth-order valence-corrected chi connectivity index (χ4v) is 3.37. The van der Waals surface area contributed by atoms with Crippen LogP contribution in [0.5, 0.6) is 0 Å². The highest BCUT2D eigenvalue weighted by Gasteiger charge is 2.26. The highest BCUT2D eigenvalue weighted by Crippen LogP contribution is 2.27. The van der Waals surface area contributed by atoms with E-state index in [-0.39, 0.29) is 11.9 Å². The molecule has 2 unspecified atom stereocenters. The summed E-state index contributed by atoms with van der Waals surface area (Å²) in [4.78, 5) is 12.1. The molecule has 106 valence electrons. The smallest absolute Gasteiger partial charge is 0.273 e. The minimum absolute atomic E-state index is 0.130. The number of nitrogens with zero attached hydrogens (tertiary/aromatic N) is 3. The van der Waals surface area contributed by atoms with Gasteiger partial charge in [-0.25, -0.2) is 0 Å². The lowest BCUT2D eigenvalue weighted by atomic mass is 9.95. The van der Waals surface area contributed by atoms with Crippen LogP contribution in [0.1, 0.15) is 36.2 Å². The second-order valence-electron chi connectivity index (χ2n) is 4.79. The maximum absolute atomic E-state index is 12.1. The maximum atomic E-state index is 12.1. The van der Waals surface area contributed by atoms with Crippen LogP contribution in [-0.2, 0) is 6.54 Å². The Bertz CT molecular complexity index is 422. The van der Waals surface area contributed by atoms with Crippen LogP contribution in [0.4, 0.5) is 0 Å². The number of hydrogen-bond acceptors (Lipinski definition) is 5. The van der Waals surface area contributed by atoms with E-state index in [1.807, 2.05) is 11.8 Å². The Morgan fingerprint density at radius 2 is 2.37 bits per heavy atom. The van der Waals surface area contributed by atoms with Crippen LogP contribution < -0.4 is 11.1 Å². The third-order valence-corrected chi connectivity index (χ3v) is 4.62. The molecule has 1 aromatic heterocycles. The van der Waals surface area contributed by atoms with Crippen molar-refractivity contribution in [3.8, 4) is 0 Å². The van der Waals surface area contributed by atoms with Crippen molar-refractivity contribution in [1.29, 1.82) is 0 Å². The number of thioether (sulfide) groups is 1. The largest absolute Gasteiger partial charge is 0.347 e. The van der Waals surface area contributed by atoms with E-state index in [4.69, 9.17) is 5.73 Å². The van der Waals surface area contributed by atoms with E-state index in [2.05, 4.69) is 21.9 Å².